The van der Waals surface area contributed by atoms with Crippen LogP contribution in [0.3, 0.4) is 0 Å². The van der Waals surface area contributed by atoms with E-state index in [1.54, 1.807) is 0 Å². The molecule has 0 aromatic heterocycles. The van der Waals surface area contributed by atoms with Gasteiger partial charge >= 0.3 is 0 Å². The number of carbonyl (C=O) groups excluding carboxylic acids is 1. The van der Waals surface area contributed by atoms with Gasteiger partial charge in [-0.1, -0.05) is 43.7 Å². The van der Waals surface area contributed by atoms with E-state index in [2.05, 4.69) is 26.0 Å². The first-order valence-electron chi connectivity index (χ1n) is 8.09. The van der Waals surface area contributed by atoms with Gasteiger partial charge in [-0.25, -0.2) is 0 Å². The van der Waals surface area contributed by atoms with Crippen LogP contribution in [0.5, 0.6) is 0 Å². The van der Waals surface area contributed by atoms with Crippen molar-refractivity contribution in [3.8, 4) is 0 Å². The van der Waals surface area contributed by atoms with Crippen LogP contribution in [0, 0.1) is 5.92 Å². The van der Waals surface area contributed by atoms with Crippen molar-refractivity contribution < 1.29 is 4.79 Å². The minimum absolute atomic E-state index is 0.0904. The van der Waals surface area contributed by atoms with Crippen LogP contribution in [0.15, 0.2) is 30.3 Å². The van der Waals surface area contributed by atoms with E-state index < -0.39 is 5.54 Å². The number of nitrogens with two attached hydrogens (primary N) is 1. The Kier molecular flexibility index (Phi) is 5.04. The van der Waals surface area contributed by atoms with Gasteiger partial charge in [-0.05, 0) is 44.6 Å². The number of carbonyl (C=O) groups is 1. The summed E-state index contributed by atoms with van der Waals surface area (Å²) in [6.45, 7) is 6.77. The van der Waals surface area contributed by atoms with Crippen LogP contribution >= 0.6 is 0 Å². The van der Waals surface area contributed by atoms with Gasteiger partial charge in [0, 0.05) is 12.6 Å². The highest BCUT2D eigenvalue weighted by Crippen LogP contribution is 2.36. The van der Waals surface area contributed by atoms with E-state index in [-0.39, 0.29) is 11.9 Å². The molecule has 1 aliphatic carbocycles. The van der Waals surface area contributed by atoms with Gasteiger partial charge in [0.25, 0.3) is 0 Å². The summed E-state index contributed by atoms with van der Waals surface area (Å²) in [6.07, 6.45) is 4.12. The third-order valence-electron chi connectivity index (χ3n) is 4.51. The molecule has 0 spiro atoms. The maximum Gasteiger partial charge on any atom is 0.242 e. The fourth-order valence-corrected chi connectivity index (χ4v) is 2.97. The molecule has 1 aromatic carbocycles. The Labute approximate surface area is 128 Å². The number of nitrogens with zero attached hydrogens (tertiary/aromatic N) is 1. The lowest BCUT2D eigenvalue weighted by Crippen LogP contribution is -2.55. The molecule has 21 heavy (non-hydrogen) atoms. The van der Waals surface area contributed by atoms with E-state index in [9.17, 15) is 4.79 Å². The molecule has 1 fully saturated rings. The Morgan fingerprint density at radius 3 is 2.52 bits per heavy atom. The largest absolute Gasteiger partial charge is 0.334 e. The fourth-order valence-electron chi connectivity index (χ4n) is 2.97. The molecule has 0 bridgehead atoms. The zero-order valence-corrected chi connectivity index (χ0v) is 13.5. The lowest BCUT2D eigenvalue weighted by Gasteiger charge is -2.36. The van der Waals surface area contributed by atoms with E-state index in [0.717, 1.165) is 12.8 Å². The van der Waals surface area contributed by atoms with E-state index in [1.165, 1.54) is 18.4 Å². The van der Waals surface area contributed by atoms with E-state index in [1.807, 2.05) is 30.0 Å². The van der Waals surface area contributed by atoms with Crippen LogP contribution in [-0.4, -0.2) is 22.4 Å². The van der Waals surface area contributed by atoms with Crippen LogP contribution in [0.25, 0.3) is 0 Å². The summed E-state index contributed by atoms with van der Waals surface area (Å²) in [5.74, 6) is 0.739. The molecule has 1 amide bonds. The van der Waals surface area contributed by atoms with Crippen molar-refractivity contribution >= 4 is 5.91 Å². The molecule has 0 radical (unpaired) electrons. The Morgan fingerprint density at radius 1 is 1.38 bits per heavy atom. The summed E-state index contributed by atoms with van der Waals surface area (Å²) >= 11 is 0. The molecule has 2 rings (SSSR count). The number of amides is 1. The minimum Gasteiger partial charge on any atom is -0.334 e. The predicted molar refractivity (Wildman–Crippen MR) is 86.7 cm³/mol. The molecule has 2 unspecified atom stereocenters. The smallest absolute Gasteiger partial charge is 0.242 e. The number of rotatable bonds is 7. The molecule has 2 N–H and O–H groups in total. The van der Waals surface area contributed by atoms with E-state index in [4.69, 9.17) is 5.73 Å². The van der Waals surface area contributed by atoms with Gasteiger partial charge in [0.2, 0.25) is 5.91 Å². The van der Waals surface area contributed by atoms with Crippen LogP contribution < -0.4 is 5.73 Å². The zero-order valence-electron chi connectivity index (χ0n) is 13.5. The normalized spacial score (nSPS) is 18.9. The predicted octanol–water partition coefficient (Wildman–Crippen LogP) is 3.33. The van der Waals surface area contributed by atoms with Crippen molar-refractivity contribution in [1.29, 1.82) is 0 Å². The SMILES string of the molecule is CCCC(C)(N)C(=O)N(Cc1ccccc1)C(C)C1CC1. The van der Waals surface area contributed by atoms with Crippen LogP contribution in [0.2, 0.25) is 0 Å². The summed E-state index contributed by atoms with van der Waals surface area (Å²) in [5.41, 5.74) is 6.71. The molecule has 1 aromatic rings. The van der Waals surface area contributed by atoms with Crippen molar-refractivity contribution in [1.82, 2.24) is 4.90 Å². The molecule has 3 nitrogen and oxygen atoms in total. The van der Waals surface area contributed by atoms with Crippen LogP contribution in [0.4, 0.5) is 0 Å². The molecule has 1 saturated carbocycles. The van der Waals surface area contributed by atoms with Crippen molar-refractivity contribution in [3.63, 3.8) is 0 Å². The van der Waals surface area contributed by atoms with Gasteiger partial charge in [-0.2, -0.15) is 0 Å². The second-order valence-electron chi connectivity index (χ2n) is 6.66. The Morgan fingerprint density at radius 2 is 2.00 bits per heavy atom. The third-order valence-corrected chi connectivity index (χ3v) is 4.51. The molecule has 0 aliphatic heterocycles. The standard InChI is InChI=1S/C18H28N2O/c1-4-12-18(3,19)17(21)20(14(2)16-10-11-16)13-15-8-6-5-7-9-15/h5-9,14,16H,4,10-13,19H2,1-3H3. The Balaban J connectivity index is 2.17. The minimum atomic E-state index is -0.757. The number of benzene rings is 1. The summed E-state index contributed by atoms with van der Waals surface area (Å²) < 4.78 is 0. The van der Waals surface area contributed by atoms with Gasteiger partial charge in [0.05, 0.1) is 5.54 Å². The van der Waals surface area contributed by atoms with Crippen molar-refractivity contribution in [2.45, 2.75) is 64.6 Å². The first-order valence-corrected chi connectivity index (χ1v) is 8.09. The molecular formula is C18H28N2O. The van der Waals surface area contributed by atoms with Crippen molar-refractivity contribution in [3.05, 3.63) is 35.9 Å². The van der Waals surface area contributed by atoms with Gasteiger partial charge in [-0.15, -0.1) is 0 Å². The highest BCUT2D eigenvalue weighted by Gasteiger charge is 2.39. The molecule has 0 heterocycles. The third kappa shape index (κ3) is 4.07. The highest BCUT2D eigenvalue weighted by atomic mass is 16.2. The van der Waals surface area contributed by atoms with Crippen LogP contribution in [-0.2, 0) is 11.3 Å². The average Bonchev–Trinajstić information content (AvgIpc) is 3.29. The highest BCUT2D eigenvalue weighted by molar-refractivity contribution is 5.86. The maximum absolute atomic E-state index is 12.9. The van der Waals surface area contributed by atoms with Crippen molar-refractivity contribution in [2.75, 3.05) is 0 Å². The average molecular weight is 288 g/mol. The summed E-state index contributed by atoms with van der Waals surface area (Å²) in [5, 5.41) is 0. The van der Waals surface area contributed by atoms with E-state index in [0.29, 0.717) is 12.5 Å². The van der Waals surface area contributed by atoms with Gasteiger partial charge in [-0.3, -0.25) is 4.79 Å². The molecule has 3 heteroatoms. The Bertz CT molecular complexity index is 465. The van der Waals surface area contributed by atoms with Gasteiger partial charge in [0.15, 0.2) is 0 Å². The second-order valence-corrected chi connectivity index (χ2v) is 6.66. The quantitative estimate of drug-likeness (QED) is 0.836. The summed E-state index contributed by atoms with van der Waals surface area (Å²) in [6, 6.07) is 10.5. The number of hydrogen-bond acceptors (Lipinski definition) is 2. The molecule has 1 aliphatic rings. The molecular weight excluding hydrogens is 260 g/mol. The lowest BCUT2D eigenvalue weighted by molar-refractivity contribution is -0.140. The molecule has 0 saturated heterocycles. The maximum atomic E-state index is 12.9. The first kappa shape index (κ1) is 16.0. The van der Waals surface area contributed by atoms with E-state index >= 15 is 0 Å². The zero-order chi connectivity index (χ0) is 15.5. The van der Waals surface area contributed by atoms with Gasteiger partial charge < -0.3 is 10.6 Å². The van der Waals surface area contributed by atoms with Crippen molar-refractivity contribution in [2.24, 2.45) is 11.7 Å². The van der Waals surface area contributed by atoms with Crippen LogP contribution in [0.1, 0.15) is 52.0 Å². The first-order chi connectivity index (χ1) is 9.95. The molecule has 116 valence electrons. The van der Waals surface area contributed by atoms with Gasteiger partial charge in [0.1, 0.15) is 0 Å². The lowest BCUT2D eigenvalue weighted by atomic mass is 9.94. The molecule has 2 atom stereocenters. The monoisotopic (exact) mass is 288 g/mol. The summed E-state index contributed by atoms with van der Waals surface area (Å²) in [4.78, 5) is 14.9. The second kappa shape index (κ2) is 6.61. The summed E-state index contributed by atoms with van der Waals surface area (Å²) in [7, 11) is 0. The number of hydrogen-bond donors (Lipinski definition) is 1. The topological polar surface area (TPSA) is 46.3 Å². The fraction of sp³-hybridized carbons (Fsp3) is 0.611. The Hall–Kier alpha value is -1.35.